The highest BCUT2D eigenvalue weighted by atomic mass is 32.1. The molecular weight excluding hydrogens is 310 g/mol. The van der Waals surface area contributed by atoms with Gasteiger partial charge < -0.3 is 5.32 Å². The van der Waals surface area contributed by atoms with Crippen molar-refractivity contribution in [2.24, 2.45) is 0 Å². The topological polar surface area (TPSA) is 71.0 Å². The van der Waals surface area contributed by atoms with Gasteiger partial charge >= 0.3 is 0 Å². The maximum Gasteiger partial charge on any atom is 0.260 e. The number of aryl methyl sites for hydroxylation is 2. The van der Waals surface area contributed by atoms with E-state index < -0.39 is 0 Å². The van der Waals surface area contributed by atoms with Gasteiger partial charge in [-0.25, -0.2) is 0 Å². The first-order chi connectivity index (χ1) is 11.0. The summed E-state index contributed by atoms with van der Waals surface area (Å²) in [5.74, 6) is -0.205. The van der Waals surface area contributed by atoms with Crippen LogP contribution in [0.5, 0.6) is 0 Å². The molecule has 0 saturated carbocycles. The van der Waals surface area contributed by atoms with Crippen molar-refractivity contribution in [2.45, 2.75) is 26.8 Å². The van der Waals surface area contributed by atoms with Crippen molar-refractivity contribution in [3.8, 4) is 0 Å². The summed E-state index contributed by atoms with van der Waals surface area (Å²) in [5.41, 5.74) is 8.33. The molecule has 0 fully saturated rings. The van der Waals surface area contributed by atoms with Crippen molar-refractivity contribution in [2.75, 3.05) is 6.54 Å². The standard InChI is InChI=1S/C16H21N5OS/c1-12-10-13(2)21(20-12)11-15(22)18-19-16(23)17-9-8-14-6-4-3-5-7-14/h3-7,10H,8-9,11H2,1-2H3,(H,18,22)(H2,17,19,23). The average Bonchev–Trinajstić information content (AvgIpc) is 2.84. The number of hydrogen-bond acceptors (Lipinski definition) is 3. The molecule has 2 aromatic rings. The predicted octanol–water partition coefficient (Wildman–Crippen LogP) is 1.24. The van der Waals surface area contributed by atoms with Crippen molar-refractivity contribution >= 4 is 23.2 Å². The molecular formula is C16H21N5OS. The Bertz CT molecular complexity index is 668. The van der Waals surface area contributed by atoms with E-state index in [9.17, 15) is 4.79 Å². The molecule has 7 heteroatoms. The molecule has 1 aromatic carbocycles. The fourth-order valence-corrected chi connectivity index (χ4v) is 2.30. The van der Waals surface area contributed by atoms with Crippen LogP contribution in [0.3, 0.4) is 0 Å². The summed E-state index contributed by atoms with van der Waals surface area (Å²) in [6, 6.07) is 12.1. The highest BCUT2D eigenvalue weighted by Gasteiger charge is 2.07. The van der Waals surface area contributed by atoms with Crippen LogP contribution in [0.1, 0.15) is 17.0 Å². The minimum absolute atomic E-state index is 0.152. The van der Waals surface area contributed by atoms with Gasteiger partial charge in [-0.3, -0.25) is 20.3 Å². The highest BCUT2D eigenvalue weighted by molar-refractivity contribution is 7.80. The second kappa shape index (κ2) is 8.28. The van der Waals surface area contributed by atoms with Crippen LogP contribution >= 0.6 is 12.2 Å². The number of nitrogens with one attached hydrogen (secondary N) is 3. The van der Waals surface area contributed by atoms with Crippen molar-refractivity contribution in [1.82, 2.24) is 25.9 Å². The van der Waals surface area contributed by atoms with Crippen molar-refractivity contribution < 1.29 is 4.79 Å². The maximum atomic E-state index is 11.9. The first-order valence-corrected chi connectivity index (χ1v) is 7.83. The number of amides is 1. The molecule has 2 rings (SSSR count). The quantitative estimate of drug-likeness (QED) is 0.568. The van der Waals surface area contributed by atoms with Crippen LogP contribution in [0.4, 0.5) is 0 Å². The Kier molecular flexibility index (Phi) is 6.10. The molecule has 23 heavy (non-hydrogen) atoms. The molecule has 1 heterocycles. The first kappa shape index (κ1) is 17.0. The van der Waals surface area contributed by atoms with E-state index in [0.717, 1.165) is 17.8 Å². The summed E-state index contributed by atoms with van der Waals surface area (Å²) in [7, 11) is 0. The second-order valence-corrected chi connectivity index (χ2v) is 5.66. The van der Waals surface area contributed by atoms with E-state index in [1.54, 1.807) is 4.68 Å². The molecule has 0 atom stereocenters. The zero-order valence-electron chi connectivity index (χ0n) is 13.3. The van der Waals surface area contributed by atoms with Crippen LogP contribution in [0, 0.1) is 13.8 Å². The van der Waals surface area contributed by atoms with E-state index in [0.29, 0.717) is 11.7 Å². The number of hydrazine groups is 1. The Morgan fingerprint density at radius 1 is 1.22 bits per heavy atom. The van der Waals surface area contributed by atoms with Gasteiger partial charge in [0.1, 0.15) is 6.54 Å². The molecule has 1 aromatic heterocycles. The Balaban J connectivity index is 1.65. The van der Waals surface area contributed by atoms with Gasteiger partial charge in [0.05, 0.1) is 5.69 Å². The lowest BCUT2D eigenvalue weighted by molar-refractivity contribution is -0.122. The maximum absolute atomic E-state index is 11.9. The number of thiocarbonyl (C=S) groups is 1. The fourth-order valence-electron chi connectivity index (χ4n) is 2.15. The highest BCUT2D eigenvalue weighted by Crippen LogP contribution is 2.00. The number of carbonyl (C=O) groups excluding carboxylic acids is 1. The molecule has 6 nitrogen and oxygen atoms in total. The van der Waals surface area contributed by atoms with Gasteiger partial charge in [-0.15, -0.1) is 0 Å². The zero-order chi connectivity index (χ0) is 16.7. The lowest BCUT2D eigenvalue weighted by Gasteiger charge is -2.12. The van der Waals surface area contributed by atoms with E-state index in [4.69, 9.17) is 12.2 Å². The lowest BCUT2D eigenvalue weighted by Crippen LogP contribution is -2.48. The van der Waals surface area contributed by atoms with Crippen molar-refractivity contribution in [3.63, 3.8) is 0 Å². The summed E-state index contributed by atoms with van der Waals surface area (Å²) < 4.78 is 1.65. The van der Waals surface area contributed by atoms with Gasteiger partial charge in [0.2, 0.25) is 0 Å². The molecule has 0 aliphatic rings. The van der Waals surface area contributed by atoms with Crippen molar-refractivity contribution in [1.29, 1.82) is 0 Å². The molecule has 0 saturated heterocycles. The lowest BCUT2D eigenvalue weighted by atomic mass is 10.1. The number of nitrogens with zero attached hydrogens (tertiary/aromatic N) is 2. The van der Waals surface area contributed by atoms with E-state index in [-0.39, 0.29) is 12.5 Å². The zero-order valence-corrected chi connectivity index (χ0v) is 14.1. The SMILES string of the molecule is Cc1cc(C)n(CC(=O)NNC(=S)NCCc2ccccc2)n1. The van der Waals surface area contributed by atoms with Crippen LogP contribution < -0.4 is 16.2 Å². The van der Waals surface area contributed by atoms with Gasteiger partial charge in [-0.1, -0.05) is 30.3 Å². The Morgan fingerprint density at radius 3 is 2.61 bits per heavy atom. The number of carbonyl (C=O) groups is 1. The van der Waals surface area contributed by atoms with Crippen LogP contribution in [0.25, 0.3) is 0 Å². The van der Waals surface area contributed by atoms with Crippen LogP contribution in [-0.4, -0.2) is 27.3 Å². The number of aromatic nitrogens is 2. The molecule has 0 bridgehead atoms. The van der Waals surface area contributed by atoms with Crippen LogP contribution in [-0.2, 0) is 17.8 Å². The third-order valence-corrected chi connectivity index (χ3v) is 3.50. The van der Waals surface area contributed by atoms with Crippen molar-refractivity contribution in [3.05, 3.63) is 53.3 Å². The van der Waals surface area contributed by atoms with Gasteiger partial charge in [-0.05, 0) is 44.1 Å². The largest absolute Gasteiger partial charge is 0.361 e. The minimum Gasteiger partial charge on any atom is -0.361 e. The first-order valence-electron chi connectivity index (χ1n) is 7.42. The molecule has 1 amide bonds. The van der Waals surface area contributed by atoms with E-state index in [1.807, 2.05) is 38.1 Å². The molecule has 3 N–H and O–H groups in total. The molecule has 0 aliphatic carbocycles. The van der Waals surface area contributed by atoms with E-state index >= 15 is 0 Å². The smallest absolute Gasteiger partial charge is 0.260 e. The van der Waals surface area contributed by atoms with Crippen LogP contribution in [0.2, 0.25) is 0 Å². The van der Waals surface area contributed by atoms with Gasteiger partial charge in [0, 0.05) is 12.2 Å². The predicted molar refractivity (Wildman–Crippen MR) is 93.7 cm³/mol. The molecule has 122 valence electrons. The number of benzene rings is 1. The fraction of sp³-hybridized carbons (Fsp3) is 0.312. The Labute approximate surface area is 141 Å². The average molecular weight is 331 g/mol. The second-order valence-electron chi connectivity index (χ2n) is 5.25. The van der Waals surface area contributed by atoms with Gasteiger partial charge in [0.15, 0.2) is 5.11 Å². The third kappa shape index (κ3) is 5.71. The number of hydrogen-bond donors (Lipinski definition) is 3. The Morgan fingerprint density at radius 2 is 1.96 bits per heavy atom. The molecule has 0 spiro atoms. The molecule has 0 aliphatic heterocycles. The molecule has 0 unspecified atom stereocenters. The van der Waals surface area contributed by atoms with E-state index in [1.165, 1.54) is 5.56 Å². The number of rotatable bonds is 5. The third-order valence-electron chi connectivity index (χ3n) is 3.25. The summed E-state index contributed by atoms with van der Waals surface area (Å²) in [6.07, 6.45) is 0.863. The van der Waals surface area contributed by atoms with E-state index in [2.05, 4.69) is 33.4 Å². The summed E-state index contributed by atoms with van der Waals surface area (Å²) in [6.45, 7) is 4.66. The summed E-state index contributed by atoms with van der Waals surface area (Å²) >= 11 is 5.12. The van der Waals surface area contributed by atoms with Crippen LogP contribution in [0.15, 0.2) is 36.4 Å². The van der Waals surface area contributed by atoms with Gasteiger partial charge in [-0.2, -0.15) is 5.10 Å². The minimum atomic E-state index is -0.205. The Hall–Kier alpha value is -2.41. The normalized spacial score (nSPS) is 10.2. The van der Waals surface area contributed by atoms with Gasteiger partial charge in [0.25, 0.3) is 5.91 Å². The summed E-state index contributed by atoms with van der Waals surface area (Å²) in [5, 5.41) is 7.68. The summed E-state index contributed by atoms with van der Waals surface area (Å²) in [4.78, 5) is 11.9. The molecule has 0 radical (unpaired) electrons. The monoisotopic (exact) mass is 331 g/mol.